The fourth-order valence-electron chi connectivity index (χ4n) is 1.26. The fourth-order valence-corrected chi connectivity index (χ4v) is 1.37. The molecular formula is C11H14ClNO5. The SMILES string of the molecule is COc1cc([N+](=O)[O-])ccc1OCCOCCCl. The molecule has 0 saturated heterocycles. The number of hydrogen-bond acceptors (Lipinski definition) is 5. The molecule has 0 atom stereocenters. The number of nitro benzene ring substituents is 1. The number of non-ortho nitro benzene ring substituents is 1. The summed E-state index contributed by atoms with van der Waals surface area (Å²) in [5.41, 5.74) is -0.0439. The second kappa shape index (κ2) is 7.73. The Hall–Kier alpha value is -1.53. The van der Waals surface area contributed by atoms with Crippen molar-refractivity contribution in [3.63, 3.8) is 0 Å². The van der Waals surface area contributed by atoms with E-state index in [1.807, 2.05) is 0 Å². The third-order valence-corrected chi connectivity index (χ3v) is 2.22. The molecule has 1 rings (SSSR count). The summed E-state index contributed by atoms with van der Waals surface area (Å²) in [7, 11) is 1.43. The molecule has 0 spiro atoms. The molecule has 18 heavy (non-hydrogen) atoms. The highest BCUT2D eigenvalue weighted by molar-refractivity contribution is 6.17. The van der Waals surface area contributed by atoms with E-state index < -0.39 is 4.92 Å². The van der Waals surface area contributed by atoms with E-state index in [9.17, 15) is 10.1 Å². The van der Waals surface area contributed by atoms with Gasteiger partial charge >= 0.3 is 0 Å². The van der Waals surface area contributed by atoms with Crippen molar-refractivity contribution in [3.05, 3.63) is 28.3 Å². The third kappa shape index (κ3) is 4.38. The highest BCUT2D eigenvalue weighted by Gasteiger charge is 2.11. The lowest BCUT2D eigenvalue weighted by molar-refractivity contribution is -0.384. The molecule has 1 aromatic carbocycles. The van der Waals surface area contributed by atoms with Gasteiger partial charge < -0.3 is 14.2 Å². The molecule has 7 heteroatoms. The van der Waals surface area contributed by atoms with Gasteiger partial charge in [-0.3, -0.25) is 10.1 Å². The van der Waals surface area contributed by atoms with Gasteiger partial charge in [-0.05, 0) is 6.07 Å². The standard InChI is InChI=1S/C11H14ClNO5/c1-16-11-8-9(13(14)15)2-3-10(11)18-7-6-17-5-4-12/h2-3,8H,4-7H2,1H3. The maximum Gasteiger partial charge on any atom is 0.273 e. The van der Waals surface area contributed by atoms with Crippen LogP contribution >= 0.6 is 11.6 Å². The molecule has 0 unspecified atom stereocenters. The molecule has 1 aromatic rings. The quantitative estimate of drug-likeness (QED) is 0.315. The van der Waals surface area contributed by atoms with E-state index in [-0.39, 0.29) is 5.69 Å². The molecule has 0 saturated carbocycles. The Labute approximate surface area is 110 Å². The van der Waals surface area contributed by atoms with E-state index in [2.05, 4.69) is 0 Å². The Kier molecular flexibility index (Phi) is 6.24. The zero-order chi connectivity index (χ0) is 13.4. The van der Waals surface area contributed by atoms with Crippen LogP contribution in [0, 0.1) is 10.1 Å². The second-order valence-electron chi connectivity index (χ2n) is 3.24. The average Bonchev–Trinajstić information content (AvgIpc) is 2.38. The molecule has 0 bridgehead atoms. The van der Waals surface area contributed by atoms with Crippen LogP contribution in [0.15, 0.2) is 18.2 Å². The van der Waals surface area contributed by atoms with Crippen molar-refractivity contribution in [2.75, 3.05) is 32.8 Å². The molecular weight excluding hydrogens is 262 g/mol. The van der Waals surface area contributed by atoms with Crippen molar-refractivity contribution >= 4 is 17.3 Å². The lowest BCUT2D eigenvalue weighted by atomic mass is 10.3. The normalized spacial score (nSPS) is 10.1. The number of nitrogens with zero attached hydrogens (tertiary/aromatic N) is 1. The van der Waals surface area contributed by atoms with E-state index in [0.717, 1.165) is 0 Å². The van der Waals surface area contributed by atoms with Crippen LogP contribution in [0.4, 0.5) is 5.69 Å². The van der Waals surface area contributed by atoms with Crippen LogP contribution in [-0.2, 0) is 4.74 Å². The van der Waals surface area contributed by atoms with E-state index in [1.54, 1.807) is 0 Å². The summed E-state index contributed by atoms with van der Waals surface area (Å²) in [4.78, 5) is 10.1. The summed E-state index contributed by atoms with van der Waals surface area (Å²) < 4.78 is 15.6. The first-order valence-corrected chi connectivity index (χ1v) is 5.81. The van der Waals surface area contributed by atoms with Crippen LogP contribution in [0.3, 0.4) is 0 Å². The molecule has 100 valence electrons. The van der Waals surface area contributed by atoms with Gasteiger partial charge in [0.2, 0.25) is 0 Å². The molecule has 0 N–H and O–H groups in total. The zero-order valence-electron chi connectivity index (χ0n) is 9.93. The first kappa shape index (κ1) is 14.5. The van der Waals surface area contributed by atoms with Gasteiger partial charge in [0.25, 0.3) is 5.69 Å². The molecule has 0 aromatic heterocycles. The molecule has 0 radical (unpaired) electrons. The van der Waals surface area contributed by atoms with Gasteiger partial charge in [-0.25, -0.2) is 0 Å². The van der Waals surface area contributed by atoms with Crippen LogP contribution in [-0.4, -0.2) is 37.7 Å². The largest absolute Gasteiger partial charge is 0.493 e. The zero-order valence-corrected chi connectivity index (χ0v) is 10.7. The smallest absolute Gasteiger partial charge is 0.273 e. The minimum absolute atomic E-state index is 0.0439. The van der Waals surface area contributed by atoms with Crippen LogP contribution < -0.4 is 9.47 Å². The first-order valence-electron chi connectivity index (χ1n) is 5.28. The number of rotatable bonds is 8. The summed E-state index contributed by atoms with van der Waals surface area (Å²) in [6.07, 6.45) is 0. The lowest BCUT2D eigenvalue weighted by Gasteiger charge is -2.10. The molecule has 0 amide bonds. The Balaban J connectivity index is 2.57. The van der Waals surface area contributed by atoms with Gasteiger partial charge in [0, 0.05) is 11.9 Å². The van der Waals surface area contributed by atoms with Crippen molar-refractivity contribution in [1.82, 2.24) is 0 Å². The predicted octanol–water partition coefficient (Wildman–Crippen LogP) is 2.24. The van der Waals surface area contributed by atoms with Crippen molar-refractivity contribution in [1.29, 1.82) is 0 Å². The summed E-state index contributed by atoms with van der Waals surface area (Å²) in [5, 5.41) is 10.6. The number of halogens is 1. The Bertz CT molecular complexity index is 399. The molecule has 0 aliphatic rings. The Morgan fingerprint density at radius 1 is 1.28 bits per heavy atom. The number of methoxy groups -OCH3 is 1. The number of ether oxygens (including phenoxy) is 3. The maximum atomic E-state index is 10.6. The predicted molar refractivity (Wildman–Crippen MR) is 66.7 cm³/mol. The summed E-state index contributed by atoms with van der Waals surface area (Å²) in [6, 6.07) is 4.17. The topological polar surface area (TPSA) is 70.8 Å². The fraction of sp³-hybridized carbons (Fsp3) is 0.455. The molecule has 6 nitrogen and oxygen atoms in total. The number of hydrogen-bond donors (Lipinski definition) is 0. The van der Waals surface area contributed by atoms with Crippen LogP contribution in [0.5, 0.6) is 11.5 Å². The number of alkyl halides is 1. The van der Waals surface area contributed by atoms with Crippen molar-refractivity contribution < 1.29 is 19.1 Å². The van der Waals surface area contributed by atoms with Crippen molar-refractivity contribution in [2.45, 2.75) is 0 Å². The van der Waals surface area contributed by atoms with Gasteiger partial charge in [-0.2, -0.15) is 0 Å². The van der Waals surface area contributed by atoms with Gasteiger partial charge in [-0.15, -0.1) is 11.6 Å². The summed E-state index contributed by atoms with van der Waals surface area (Å²) >= 11 is 5.44. The molecule has 0 fully saturated rings. The minimum atomic E-state index is -0.490. The maximum absolute atomic E-state index is 10.6. The minimum Gasteiger partial charge on any atom is -0.493 e. The van der Waals surface area contributed by atoms with Gasteiger partial charge in [0.15, 0.2) is 11.5 Å². The van der Waals surface area contributed by atoms with Gasteiger partial charge in [0.05, 0.1) is 31.3 Å². The van der Waals surface area contributed by atoms with E-state index in [4.69, 9.17) is 25.8 Å². The molecule has 0 aliphatic heterocycles. The molecule has 0 heterocycles. The van der Waals surface area contributed by atoms with Crippen LogP contribution in [0.25, 0.3) is 0 Å². The monoisotopic (exact) mass is 275 g/mol. The lowest BCUT2D eigenvalue weighted by Crippen LogP contribution is -2.08. The van der Waals surface area contributed by atoms with E-state index in [0.29, 0.717) is 37.2 Å². The molecule has 0 aliphatic carbocycles. The Morgan fingerprint density at radius 3 is 2.67 bits per heavy atom. The highest BCUT2D eigenvalue weighted by atomic mass is 35.5. The number of benzene rings is 1. The summed E-state index contributed by atoms with van der Waals surface area (Å²) in [6.45, 7) is 1.18. The van der Waals surface area contributed by atoms with Gasteiger partial charge in [0.1, 0.15) is 6.61 Å². The second-order valence-corrected chi connectivity index (χ2v) is 3.62. The van der Waals surface area contributed by atoms with E-state index in [1.165, 1.54) is 25.3 Å². The number of nitro groups is 1. The van der Waals surface area contributed by atoms with E-state index >= 15 is 0 Å². The Morgan fingerprint density at radius 2 is 2.06 bits per heavy atom. The van der Waals surface area contributed by atoms with Crippen LogP contribution in [0.2, 0.25) is 0 Å². The third-order valence-electron chi connectivity index (χ3n) is 2.06. The van der Waals surface area contributed by atoms with Crippen molar-refractivity contribution in [2.24, 2.45) is 0 Å². The van der Waals surface area contributed by atoms with Crippen molar-refractivity contribution in [3.8, 4) is 11.5 Å². The average molecular weight is 276 g/mol. The summed E-state index contributed by atoms with van der Waals surface area (Å²) in [5.74, 6) is 1.19. The first-order chi connectivity index (χ1) is 8.69. The van der Waals surface area contributed by atoms with Crippen LogP contribution in [0.1, 0.15) is 0 Å². The van der Waals surface area contributed by atoms with Gasteiger partial charge in [-0.1, -0.05) is 0 Å². The highest BCUT2D eigenvalue weighted by Crippen LogP contribution is 2.30.